The van der Waals surface area contributed by atoms with E-state index in [1.807, 2.05) is 13.0 Å². The summed E-state index contributed by atoms with van der Waals surface area (Å²) in [4.78, 5) is 30.1. The molecule has 0 bridgehead atoms. The van der Waals surface area contributed by atoms with Crippen LogP contribution in [0, 0.1) is 13.8 Å². The molecule has 2 saturated heterocycles. The van der Waals surface area contributed by atoms with Gasteiger partial charge in [-0.25, -0.2) is 9.97 Å². The molecule has 2 aromatic carbocycles. The van der Waals surface area contributed by atoms with Gasteiger partial charge in [0.1, 0.15) is 11.0 Å². The van der Waals surface area contributed by atoms with Crippen LogP contribution in [0.1, 0.15) is 50.9 Å². The van der Waals surface area contributed by atoms with E-state index in [0.717, 1.165) is 50.7 Å². The number of anilines is 3. The Labute approximate surface area is 372 Å². The van der Waals surface area contributed by atoms with Crippen molar-refractivity contribution in [2.24, 2.45) is 27.2 Å². The highest BCUT2D eigenvalue weighted by Gasteiger charge is 2.19. The lowest BCUT2D eigenvalue weighted by atomic mass is 10.1. The molecule has 316 valence electrons. The first kappa shape index (κ1) is 48.9. The summed E-state index contributed by atoms with van der Waals surface area (Å²) in [6, 6.07) is 14.5. The summed E-state index contributed by atoms with van der Waals surface area (Å²) < 4.78 is 0. The number of benzene rings is 2. The first-order chi connectivity index (χ1) is 27.2. The van der Waals surface area contributed by atoms with Crippen molar-refractivity contribution in [2.45, 2.75) is 65.5 Å². The van der Waals surface area contributed by atoms with Gasteiger partial charge in [-0.1, -0.05) is 71.9 Å². The average molecular weight is 918 g/mol. The summed E-state index contributed by atoms with van der Waals surface area (Å²) in [5, 5.41) is 11.4. The number of likely N-dealkylation sites (N-methyl/N-ethyl adjacent to an activating group) is 2. The minimum atomic E-state index is 0. The SMILES string of the molecule is CCN1CCC[C@H](N)C1.CCN1CCC[C@H](Nc2cc(C)nc(N=C(N)Nc3ccc(Cl)c(Cl)c3)n2)C1.Cc1cc(Cl)nc(N=C(N)Nc2ccc(Cl)c(Cl)c2)n1.Cl. The summed E-state index contributed by atoms with van der Waals surface area (Å²) in [7, 11) is 0. The number of nitrogens with two attached hydrogens (primary N) is 3. The fourth-order valence-corrected chi connectivity index (χ4v) is 6.83. The number of nitrogens with zero attached hydrogens (tertiary/aromatic N) is 8. The van der Waals surface area contributed by atoms with Crippen LogP contribution in [-0.4, -0.2) is 93.0 Å². The molecule has 0 aliphatic carbocycles. The molecule has 0 spiro atoms. The Bertz CT molecular complexity index is 1960. The van der Waals surface area contributed by atoms with Gasteiger partial charge in [0.2, 0.25) is 11.9 Å². The first-order valence-corrected chi connectivity index (χ1v) is 20.5. The predicted octanol–water partition coefficient (Wildman–Crippen LogP) is 8.70. The highest BCUT2D eigenvalue weighted by molar-refractivity contribution is 6.42. The molecule has 6 rings (SSSR count). The van der Waals surface area contributed by atoms with Crippen molar-refractivity contribution < 1.29 is 0 Å². The maximum absolute atomic E-state index is 6.02. The van der Waals surface area contributed by atoms with Gasteiger partial charge >= 0.3 is 0 Å². The van der Waals surface area contributed by atoms with Crippen molar-refractivity contribution in [3.8, 4) is 0 Å². The predicted molar refractivity (Wildman–Crippen MR) is 247 cm³/mol. The van der Waals surface area contributed by atoms with Gasteiger partial charge in [0.25, 0.3) is 11.9 Å². The van der Waals surface area contributed by atoms with Gasteiger partial charge in [0.05, 0.1) is 20.1 Å². The topological polar surface area (TPSA) is 197 Å². The number of aryl methyl sites for hydroxylation is 2. The number of rotatable bonds is 8. The minimum Gasteiger partial charge on any atom is -0.369 e. The summed E-state index contributed by atoms with van der Waals surface area (Å²) >= 11 is 29.5. The molecule has 9 N–H and O–H groups in total. The Morgan fingerprint density at radius 1 is 0.690 bits per heavy atom. The van der Waals surface area contributed by atoms with Crippen molar-refractivity contribution in [3.05, 3.63) is 85.2 Å². The highest BCUT2D eigenvalue weighted by atomic mass is 35.5. The van der Waals surface area contributed by atoms with Gasteiger partial charge in [0, 0.05) is 54.0 Å². The second-order valence-corrected chi connectivity index (χ2v) is 15.5. The normalized spacial score (nSPS) is 17.5. The average Bonchev–Trinajstić information content (AvgIpc) is 3.14. The van der Waals surface area contributed by atoms with Crippen LogP contribution in [0.4, 0.5) is 29.1 Å². The van der Waals surface area contributed by atoms with Crippen molar-refractivity contribution >= 4 is 111 Å². The molecular formula is C38H52Cl6N14. The number of hydrogen-bond acceptors (Lipinski definition) is 10. The number of guanidine groups is 2. The van der Waals surface area contributed by atoms with Crippen molar-refractivity contribution in [1.29, 1.82) is 0 Å². The molecule has 2 fully saturated rings. The fourth-order valence-electron chi connectivity index (χ4n) is 6.01. The zero-order valence-electron chi connectivity index (χ0n) is 33.0. The second kappa shape index (κ2) is 24.6. The van der Waals surface area contributed by atoms with Gasteiger partial charge in [-0.15, -0.1) is 12.4 Å². The Balaban J connectivity index is 0.000000260. The molecule has 2 aliphatic heterocycles. The number of likely N-dealkylation sites (tertiary alicyclic amines) is 2. The standard InChI is InChI=1S/C19H25Cl2N7.C12H10Cl3N5.C7H16N2.ClH/c1-3-28-8-4-5-14(11-28)24-17-9-12(2)23-19(26-17)27-18(22)25-13-6-7-15(20)16(21)10-13;1-6-4-10(15)19-12(17-6)20-11(16)18-7-2-3-8(13)9(14)5-7;1-2-9-5-3-4-7(8)6-9;/h6-7,9-10,14H,3-5,8,11H2,1-2H3,(H4,22,23,24,25,26,27);2-5H,1H3,(H3,16,17,18,19,20);7H,2-6,8H2,1H3;1H/t14-;;7-;/m0.0./s1. The van der Waals surface area contributed by atoms with Crippen LogP contribution in [-0.2, 0) is 0 Å². The molecule has 0 radical (unpaired) electrons. The lowest BCUT2D eigenvalue weighted by Crippen LogP contribution is -2.42. The van der Waals surface area contributed by atoms with Crippen molar-refractivity contribution in [1.82, 2.24) is 29.7 Å². The Morgan fingerprint density at radius 3 is 1.67 bits per heavy atom. The van der Waals surface area contributed by atoms with E-state index in [2.05, 4.69) is 69.5 Å². The van der Waals surface area contributed by atoms with Gasteiger partial charge < -0.3 is 43.0 Å². The molecule has 58 heavy (non-hydrogen) atoms. The van der Waals surface area contributed by atoms with Crippen LogP contribution in [0.5, 0.6) is 0 Å². The van der Waals surface area contributed by atoms with E-state index in [0.29, 0.717) is 60.3 Å². The number of halogens is 6. The van der Waals surface area contributed by atoms with E-state index in [4.69, 9.17) is 75.2 Å². The minimum absolute atomic E-state index is 0. The van der Waals surface area contributed by atoms with E-state index >= 15 is 0 Å². The number of nitrogens with one attached hydrogen (secondary N) is 3. The summed E-state index contributed by atoms with van der Waals surface area (Å²) in [6.07, 6.45) is 4.81. The molecule has 2 aliphatic rings. The van der Waals surface area contributed by atoms with Crippen LogP contribution in [0.25, 0.3) is 0 Å². The molecule has 0 unspecified atom stereocenters. The van der Waals surface area contributed by atoms with Crippen molar-refractivity contribution in [3.63, 3.8) is 0 Å². The van der Waals surface area contributed by atoms with Gasteiger partial charge in [-0.2, -0.15) is 20.0 Å². The fraction of sp³-hybridized carbons (Fsp3) is 0.421. The van der Waals surface area contributed by atoms with Crippen LogP contribution < -0.4 is 33.2 Å². The highest BCUT2D eigenvalue weighted by Crippen LogP contribution is 2.26. The zero-order chi connectivity index (χ0) is 41.5. The second-order valence-electron chi connectivity index (χ2n) is 13.5. The molecule has 4 heterocycles. The zero-order valence-corrected chi connectivity index (χ0v) is 37.5. The smallest absolute Gasteiger partial charge is 0.254 e. The van der Waals surface area contributed by atoms with Crippen LogP contribution in [0.2, 0.25) is 25.2 Å². The molecule has 20 heteroatoms. The Kier molecular flexibility index (Phi) is 20.7. The number of aliphatic imine (C=N–C) groups is 2. The third kappa shape index (κ3) is 17.0. The summed E-state index contributed by atoms with van der Waals surface area (Å²) in [5.74, 6) is 1.53. The maximum atomic E-state index is 6.02. The van der Waals surface area contributed by atoms with Crippen molar-refractivity contribution in [2.75, 3.05) is 55.2 Å². The van der Waals surface area contributed by atoms with E-state index < -0.39 is 0 Å². The Morgan fingerprint density at radius 2 is 1.19 bits per heavy atom. The van der Waals surface area contributed by atoms with Gasteiger partial charge in [-0.05, 0) is 108 Å². The van der Waals surface area contributed by atoms with E-state index in [-0.39, 0.29) is 30.3 Å². The van der Waals surface area contributed by atoms with Crippen LogP contribution in [0.3, 0.4) is 0 Å². The van der Waals surface area contributed by atoms with E-state index in [1.54, 1.807) is 49.4 Å². The molecule has 0 amide bonds. The quantitative estimate of drug-likeness (QED) is 0.0560. The molecular weight excluding hydrogens is 865 g/mol. The summed E-state index contributed by atoms with van der Waals surface area (Å²) in [6.45, 7) is 14.8. The Hall–Kier alpha value is -3.44. The molecule has 4 aromatic rings. The van der Waals surface area contributed by atoms with E-state index in [9.17, 15) is 0 Å². The number of aromatic nitrogens is 4. The molecule has 2 atom stereocenters. The monoisotopic (exact) mass is 914 g/mol. The molecule has 14 nitrogen and oxygen atoms in total. The van der Waals surface area contributed by atoms with Crippen LogP contribution in [0.15, 0.2) is 58.5 Å². The first-order valence-electron chi connectivity index (χ1n) is 18.7. The van der Waals surface area contributed by atoms with Gasteiger partial charge in [0.15, 0.2) is 0 Å². The molecule has 0 saturated carbocycles. The number of hydrogen-bond donors (Lipinski definition) is 6. The van der Waals surface area contributed by atoms with Gasteiger partial charge in [-0.3, -0.25) is 0 Å². The van der Waals surface area contributed by atoms with Crippen LogP contribution >= 0.6 is 70.4 Å². The lowest BCUT2D eigenvalue weighted by molar-refractivity contribution is 0.219. The third-order valence-corrected chi connectivity index (χ3v) is 10.4. The molecule has 2 aromatic heterocycles. The number of piperidine rings is 2. The lowest BCUT2D eigenvalue weighted by Gasteiger charge is -2.32. The largest absolute Gasteiger partial charge is 0.369 e. The maximum Gasteiger partial charge on any atom is 0.254 e. The summed E-state index contributed by atoms with van der Waals surface area (Å²) in [5.41, 5.74) is 20.4. The third-order valence-electron chi connectivity index (χ3n) is 8.77. The van der Waals surface area contributed by atoms with E-state index in [1.165, 1.54) is 25.8 Å².